The molecule has 0 aliphatic rings. The van der Waals surface area contributed by atoms with E-state index in [2.05, 4.69) is 43.9 Å². The second-order valence-corrected chi connectivity index (χ2v) is 10.5. The average Bonchev–Trinajstić information content (AvgIpc) is 2.71. The molecule has 0 atom stereocenters. The van der Waals surface area contributed by atoms with Crippen LogP contribution in [0.25, 0.3) is 0 Å². The summed E-state index contributed by atoms with van der Waals surface area (Å²) < 4.78 is 0. The van der Waals surface area contributed by atoms with Gasteiger partial charge in [-0.25, -0.2) is 12.1 Å². The van der Waals surface area contributed by atoms with Gasteiger partial charge in [-0.15, -0.1) is 0 Å². The molecular weight excluding hydrogens is 252 g/mol. The summed E-state index contributed by atoms with van der Waals surface area (Å²) in [7, 11) is -0.862. The normalized spacial score (nSPS) is 9.94. The molecule has 0 aliphatic heterocycles. The van der Waals surface area contributed by atoms with Gasteiger partial charge in [-0.3, -0.25) is 0 Å². The minimum Gasteiger partial charge on any atom is -0.748 e. The van der Waals surface area contributed by atoms with Crippen molar-refractivity contribution in [2.75, 3.05) is 0 Å². The van der Waals surface area contributed by atoms with Crippen LogP contribution in [-0.2, 0) is 23.1 Å². The number of hydrogen-bond acceptors (Lipinski definition) is 0. The molecule has 2 aromatic carbocycles. The van der Waals surface area contributed by atoms with Crippen molar-refractivity contribution in [3.8, 4) is 0 Å². The molecule has 2 aromatic rings. The van der Waals surface area contributed by atoms with Gasteiger partial charge in [0, 0.05) is 25.1 Å². The summed E-state index contributed by atoms with van der Waals surface area (Å²) >= 11 is 0. The van der Waals surface area contributed by atoms with Crippen molar-refractivity contribution in [1.29, 1.82) is 0 Å². The quantitative estimate of drug-likeness (QED) is 0.567. The van der Waals surface area contributed by atoms with Crippen LogP contribution in [0.1, 0.15) is 5.56 Å². The van der Waals surface area contributed by atoms with Crippen molar-refractivity contribution in [1.82, 2.24) is 0 Å². The van der Waals surface area contributed by atoms with Crippen molar-refractivity contribution in [2.24, 2.45) is 0 Å². The predicted octanol–water partition coefficient (Wildman–Crippen LogP) is 4.23. The van der Waals surface area contributed by atoms with Crippen molar-refractivity contribution in [2.45, 2.75) is 25.7 Å². The fraction of sp³-hybridized carbons (Fsp3) is 0.286. The van der Waals surface area contributed by atoms with Gasteiger partial charge in [-0.1, -0.05) is 25.7 Å². The Morgan fingerprint density at radius 3 is 1.56 bits per heavy atom. The minimum atomic E-state index is -0.862. The molecule has 0 fully saturated rings. The van der Waals surface area contributed by atoms with Gasteiger partial charge in [0.1, 0.15) is 0 Å². The van der Waals surface area contributed by atoms with Crippen molar-refractivity contribution >= 4 is 8.07 Å². The first-order chi connectivity index (χ1) is 7.08. The first-order valence-electron chi connectivity index (χ1n) is 5.45. The smallest absolute Gasteiger partial charge is 0.0371 e. The second kappa shape index (κ2) is 7.67. The number of rotatable bonds is 2. The summed E-state index contributed by atoms with van der Waals surface area (Å²) in [5.41, 5.74) is 1.51. The zero-order chi connectivity index (χ0) is 11.1. The molecule has 0 saturated heterocycles. The van der Waals surface area contributed by atoms with Gasteiger partial charge >= 0.3 is 0 Å². The Morgan fingerprint density at radius 1 is 0.875 bits per heavy atom. The monoisotopic (exact) mass is 272 g/mol. The van der Waals surface area contributed by atoms with E-state index in [0.717, 1.165) is 0 Å². The van der Waals surface area contributed by atoms with E-state index in [1.165, 1.54) is 11.6 Å². The second-order valence-electron chi connectivity index (χ2n) is 4.99. The molecule has 0 amide bonds. The van der Waals surface area contributed by atoms with Gasteiger partial charge in [0.05, 0.1) is 0 Å². The molecule has 0 N–H and O–H groups in total. The predicted molar refractivity (Wildman–Crippen MR) is 71.1 cm³/mol. The molecule has 0 aromatic heterocycles. The van der Waals surface area contributed by atoms with Gasteiger partial charge in [0.2, 0.25) is 0 Å². The molecule has 16 heavy (non-hydrogen) atoms. The summed E-state index contributed by atoms with van der Waals surface area (Å²) in [6.07, 6.45) is 0. The zero-order valence-corrected chi connectivity index (χ0v) is 12.4. The van der Waals surface area contributed by atoms with Gasteiger partial charge < -0.3 is 30.3 Å². The Morgan fingerprint density at radius 2 is 1.25 bits per heavy atom. The van der Waals surface area contributed by atoms with Crippen LogP contribution in [0.5, 0.6) is 0 Å². The SMILES string of the molecule is C[Si](C)(C)C[c-]1cccc1.[Fe].[cH-]1[cH-][cH-][cH-][cH-]1. The van der Waals surface area contributed by atoms with E-state index in [1.807, 2.05) is 30.3 Å². The third kappa shape index (κ3) is 7.69. The van der Waals surface area contributed by atoms with E-state index < -0.39 is 8.07 Å². The zero-order valence-electron chi connectivity index (χ0n) is 10.3. The summed E-state index contributed by atoms with van der Waals surface area (Å²) in [5.74, 6) is 0. The molecule has 0 bridgehead atoms. The largest absolute Gasteiger partial charge is 0.748 e. The Hall–Kier alpha value is -0.564. The summed E-state index contributed by atoms with van der Waals surface area (Å²) in [4.78, 5) is 0. The van der Waals surface area contributed by atoms with Crippen LogP contribution >= 0.6 is 0 Å². The molecule has 0 saturated carbocycles. The Bertz CT molecular complexity index is 310. The molecule has 0 heterocycles. The summed E-state index contributed by atoms with van der Waals surface area (Å²) in [5, 5.41) is 0. The standard InChI is InChI=1S/C9H15Si.C5H5.Fe/c1-10(2,3)8-9-6-4-5-7-9;1-2-4-5-3-1;/h4-7H,8H2,1-3H3;1-5H;/q-1;-5;. The molecular formula is C14H20FeSi-6. The fourth-order valence-electron chi connectivity index (χ4n) is 1.46. The van der Waals surface area contributed by atoms with Gasteiger partial charge in [0.15, 0.2) is 0 Å². The first-order valence-corrected chi connectivity index (χ1v) is 9.16. The van der Waals surface area contributed by atoms with Crippen molar-refractivity contribution in [3.05, 3.63) is 60.2 Å². The maximum atomic E-state index is 2.40. The van der Waals surface area contributed by atoms with E-state index in [-0.39, 0.29) is 17.1 Å². The van der Waals surface area contributed by atoms with E-state index in [0.29, 0.717) is 0 Å². The Kier molecular flexibility index (Phi) is 7.40. The molecule has 0 radical (unpaired) electrons. The molecule has 0 spiro atoms. The third-order valence-electron chi connectivity index (χ3n) is 2.02. The Balaban J connectivity index is 0.000000318. The maximum Gasteiger partial charge on any atom is 0.0371 e. The van der Waals surface area contributed by atoms with E-state index in [9.17, 15) is 0 Å². The molecule has 0 unspecified atom stereocenters. The van der Waals surface area contributed by atoms with E-state index in [4.69, 9.17) is 0 Å². The molecule has 2 rings (SSSR count). The molecule has 0 nitrogen and oxygen atoms in total. The number of hydrogen-bond donors (Lipinski definition) is 0. The van der Waals surface area contributed by atoms with Crippen LogP contribution < -0.4 is 0 Å². The van der Waals surface area contributed by atoms with Crippen molar-refractivity contribution in [3.63, 3.8) is 0 Å². The van der Waals surface area contributed by atoms with Crippen LogP contribution in [0.15, 0.2) is 54.6 Å². The van der Waals surface area contributed by atoms with Crippen LogP contribution in [-0.4, -0.2) is 8.07 Å². The van der Waals surface area contributed by atoms with E-state index in [1.54, 1.807) is 0 Å². The first kappa shape index (κ1) is 15.4. The summed E-state index contributed by atoms with van der Waals surface area (Å²) in [6.45, 7) is 7.21. The Labute approximate surface area is 111 Å². The van der Waals surface area contributed by atoms with Crippen LogP contribution in [0.3, 0.4) is 0 Å². The van der Waals surface area contributed by atoms with Gasteiger partial charge in [-0.05, 0) is 0 Å². The average molecular weight is 272 g/mol. The third-order valence-corrected chi connectivity index (χ3v) is 3.49. The summed E-state index contributed by atoms with van der Waals surface area (Å²) in [6, 6.07) is 20.0. The van der Waals surface area contributed by atoms with Crippen molar-refractivity contribution < 1.29 is 17.1 Å². The van der Waals surface area contributed by atoms with Crippen LogP contribution in [0.4, 0.5) is 0 Å². The molecule has 0 aliphatic carbocycles. The fourth-order valence-corrected chi connectivity index (χ4v) is 2.93. The van der Waals surface area contributed by atoms with E-state index >= 15 is 0 Å². The topological polar surface area (TPSA) is 0 Å². The minimum absolute atomic E-state index is 0. The van der Waals surface area contributed by atoms with Crippen LogP contribution in [0.2, 0.25) is 19.6 Å². The molecule has 94 valence electrons. The van der Waals surface area contributed by atoms with Gasteiger partial charge in [-0.2, -0.15) is 17.7 Å². The van der Waals surface area contributed by atoms with Gasteiger partial charge in [0.25, 0.3) is 0 Å². The maximum absolute atomic E-state index is 2.40. The molecule has 2 heteroatoms. The van der Waals surface area contributed by atoms with Crippen LogP contribution in [0, 0.1) is 0 Å².